The van der Waals surface area contributed by atoms with Crippen LogP contribution in [0.1, 0.15) is 48.6 Å². The summed E-state index contributed by atoms with van der Waals surface area (Å²) in [5.41, 5.74) is 2.10. The van der Waals surface area contributed by atoms with Gasteiger partial charge >= 0.3 is 0 Å². The Bertz CT molecular complexity index is 1490. The van der Waals surface area contributed by atoms with E-state index in [0.29, 0.717) is 28.8 Å². The largest absolute Gasteiger partial charge is 0.494 e. The van der Waals surface area contributed by atoms with Gasteiger partial charge in [0.2, 0.25) is 16.0 Å². The smallest absolute Gasteiger partial charge is 0.243 e. The van der Waals surface area contributed by atoms with E-state index in [-0.39, 0.29) is 5.95 Å². The first-order valence-corrected chi connectivity index (χ1v) is 13.8. The second-order valence-electron chi connectivity index (χ2n) is 9.01. The van der Waals surface area contributed by atoms with Crippen LogP contribution in [0.25, 0.3) is 5.69 Å². The van der Waals surface area contributed by atoms with Crippen LogP contribution in [-0.4, -0.2) is 59.7 Å². The van der Waals surface area contributed by atoms with Gasteiger partial charge in [-0.15, -0.1) is 10.2 Å². The van der Waals surface area contributed by atoms with Gasteiger partial charge in [-0.3, -0.25) is 9.29 Å². The molecule has 0 bridgehead atoms. The molecule has 2 aromatic carbocycles. The lowest BCUT2D eigenvalue weighted by molar-refractivity contribution is 0.127. The number of aryl methyl sites for hydroxylation is 1. The molecule has 0 aliphatic heterocycles. The van der Waals surface area contributed by atoms with Gasteiger partial charge < -0.3 is 14.2 Å². The van der Waals surface area contributed by atoms with Crippen molar-refractivity contribution in [3.8, 4) is 17.2 Å². The molecule has 0 amide bonds. The lowest BCUT2D eigenvalue weighted by Gasteiger charge is -2.23. The van der Waals surface area contributed by atoms with Gasteiger partial charge in [-0.05, 0) is 37.1 Å². The van der Waals surface area contributed by atoms with E-state index in [1.165, 1.54) is 14.2 Å². The van der Waals surface area contributed by atoms with Crippen molar-refractivity contribution in [1.82, 2.24) is 24.7 Å². The minimum Gasteiger partial charge on any atom is -0.494 e. The van der Waals surface area contributed by atoms with E-state index >= 15 is 0 Å². The molecule has 2 unspecified atom stereocenters. The quantitative estimate of drug-likeness (QED) is 0.293. The van der Waals surface area contributed by atoms with Crippen LogP contribution < -0.4 is 14.2 Å². The number of sulfonamides is 1. The molecule has 0 aliphatic carbocycles. The van der Waals surface area contributed by atoms with Crippen LogP contribution in [0.5, 0.6) is 11.5 Å². The molecule has 0 saturated heterocycles. The number of hydrogen-bond donors (Lipinski definition) is 1. The summed E-state index contributed by atoms with van der Waals surface area (Å²) in [6, 6.07) is 14.7. The van der Waals surface area contributed by atoms with Crippen molar-refractivity contribution in [2.24, 2.45) is 0 Å². The molecule has 11 nitrogen and oxygen atoms in total. The van der Waals surface area contributed by atoms with Gasteiger partial charge in [-0.2, -0.15) is 0 Å². The van der Waals surface area contributed by atoms with Gasteiger partial charge in [-0.25, -0.2) is 18.4 Å². The summed E-state index contributed by atoms with van der Waals surface area (Å²) < 4.78 is 48.6. The molecule has 12 heteroatoms. The van der Waals surface area contributed by atoms with Crippen molar-refractivity contribution in [2.75, 3.05) is 26.1 Å². The van der Waals surface area contributed by atoms with Gasteiger partial charge in [0.05, 0.1) is 19.5 Å². The molecular weight excluding hydrogens is 520 g/mol. The fourth-order valence-electron chi connectivity index (χ4n) is 4.16. The van der Waals surface area contributed by atoms with Crippen molar-refractivity contribution in [3.05, 3.63) is 83.7 Å². The highest BCUT2D eigenvalue weighted by Gasteiger charge is 2.33. The number of anilines is 1. The number of ether oxygens (including phenoxy) is 3. The normalized spacial score (nSPS) is 13.9. The highest BCUT2D eigenvalue weighted by atomic mass is 32.2. The molecule has 3 atom stereocenters. The van der Waals surface area contributed by atoms with Crippen LogP contribution in [0.2, 0.25) is 0 Å². The third-order valence-corrected chi connectivity index (χ3v) is 8.38. The number of benzene rings is 2. The summed E-state index contributed by atoms with van der Waals surface area (Å²) in [5, 5.41) is 7.72. The van der Waals surface area contributed by atoms with Crippen LogP contribution >= 0.6 is 0 Å². The molecule has 2 aromatic heterocycles. The van der Waals surface area contributed by atoms with Crippen LogP contribution in [0.4, 0.5) is 5.95 Å². The third-order valence-electron chi connectivity index (χ3n) is 6.52. The minimum absolute atomic E-state index is 0.0466. The van der Waals surface area contributed by atoms with Gasteiger partial charge in [0.1, 0.15) is 29.1 Å². The third kappa shape index (κ3) is 5.71. The average molecular weight is 553 g/mol. The van der Waals surface area contributed by atoms with E-state index in [1.807, 2.05) is 37.3 Å². The first-order valence-electron chi connectivity index (χ1n) is 12.3. The molecule has 0 aliphatic rings. The number of hydrogen-bond acceptors (Lipinski definition) is 9. The summed E-state index contributed by atoms with van der Waals surface area (Å²) in [7, 11) is 0.580. The Kier molecular flexibility index (Phi) is 8.46. The molecule has 2 heterocycles. The number of nitrogens with zero attached hydrogens (tertiary/aromatic N) is 5. The molecule has 0 radical (unpaired) electrons. The van der Waals surface area contributed by atoms with Crippen molar-refractivity contribution in [2.45, 2.75) is 38.0 Å². The second kappa shape index (κ2) is 11.8. The van der Waals surface area contributed by atoms with E-state index < -0.39 is 27.3 Å². The first kappa shape index (κ1) is 28.0. The second-order valence-corrected chi connectivity index (χ2v) is 11.1. The van der Waals surface area contributed by atoms with E-state index in [1.54, 1.807) is 56.1 Å². The van der Waals surface area contributed by atoms with Gasteiger partial charge in [-0.1, -0.05) is 43.3 Å². The molecule has 4 rings (SSSR count). The van der Waals surface area contributed by atoms with Crippen LogP contribution in [-0.2, 0) is 14.8 Å². The Morgan fingerprint density at radius 1 is 0.872 bits per heavy atom. The Morgan fingerprint density at radius 3 is 2.05 bits per heavy atom. The van der Waals surface area contributed by atoms with E-state index in [9.17, 15) is 8.42 Å². The topological polar surface area (TPSA) is 130 Å². The Morgan fingerprint density at radius 2 is 1.49 bits per heavy atom. The van der Waals surface area contributed by atoms with Crippen LogP contribution in [0.3, 0.4) is 0 Å². The van der Waals surface area contributed by atoms with Crippen molar-refractivity contribution < 1.29 is 22.6 Å². The Labute approximate surface area is 228 Å². The zero-order valence-corrected chi connectivity index (χ0v) is 23.5. The van der Waals surface area contributed by atoms with Gasteiger partial charge in [0.15, 0.2) is 5.82 Å². The Hall–Kier alpha value is -4.03. The van der Waals surface area contributed by atoms with E-state index in [2.05, 4.69) is 24.9 Å². The van der Waals surface area contributed by atoms with Crippen molar-refractivity contribution >= 4 is 16.0 Å². The Balaban J connectivity index is 1.84. The molecule has 4 aromatic rings. The van der Waals surface area contributed by atoms with Crippen LogP contribution in [0.15, 0.2) is 60.9 Å². The maximum Gasteiger partial charge on any atom is 0.243 e. The summed E-state index contributed by atoms with van der Waals surface area (Å²) in [5.74, 6) is 1.05. The summed E-state index contributed by atoms with van der Waals surface area (Å²) >= 11 is 0. The molecule has 206 valence electrons. The standard InChI is InChI=1S/C27H32N6O5S/c1-17-15-28-25(29-16-17)18(2)19(3)39(34,35)32-27-31-30-26(24(38-6)20-11-8-7-9-12-20)33(27)23-21(36-4)13-10-14-22(23)37-5/h7-16,18-19,24H,1-6H3,(H,31,32)/t18?,19?,24-/m0/s1. The molecule has 0 saturated carbocycles. The van der Waals surface area contributed by atoms with E-state index in [0.717, 1.165) is 11.1 Å². The number of para-hydroxylation sites is 1. The average Bonchev–Trinajstić information content (AvgIpc) is 3.34. The number of rotatable bonds is 11. The number of nitrogens with one attached hydrogen (secondary N) is 1. The lowest BCUT2D eigenvalue weighted by Crippen LogP contribution is -2.31. The molecular formula is C27H32N6O5S. The van der Waals surface area contributed by atoms with Gasteiger partial charge in [0, 0.05) is 25.4 Å². The lowest BCUT2D eigenvalue weighted by atomic mass is 10.1. The zero-order valence-electron chi connectivity index (χ0n) is 22.7. The summed E-state index contributed by atoms with van der Waals surface area (Å²) in [6.45, 7) is 5.24. The van der Waals surface area contributed by atoms with Crippen LogP contribution in [0, 0.1) is 6.92 Å². The highest BCUT2D eigenvalue weighted by molar-refractivity contribution is 7.93. The molecule has 0 spiro atoms. The number of aromatic nitrogens is 5. The number of methoxy groups -OCH3 is 3. The predicted molar refractivity (Wildman–Crippen MR) is 147 cm³/mol. The monoisotopic (exact) mass is 552 g/mol. The van der Waals surface area contributed by atoms with Gasteiger partial charge in [0.25, 0.3) is 0 Å². The predicted octanol–water partition coefficient (Wildman–Crippen LogP) is 4.05. The fourth-order valence-corrected chi connectivity index (χ4v) is 5.39. The van der Waals surface area contributed by atoms with Crippen molar-refractivity contribution in [3.63, 3.8) is 0 Å². The first-order chi connectivity index (χ1) is 18.7. The maximum atomic E-state index is 13.7. The van der Waals surface area contributed by atoms with Crippen molar-refractivity contribution in [1.29, 1.82) is 0 Å². The van der Waals surface area contributed by atoms with E-state index in [4.69, 9.17) is 14.2 Å². The molecule has 0 fully saturated rings. The molecule has 1 N–H and O–H groups in total. The summed E-state index contributed by atoms with van der Waals surface area (Å²) in [4.78, 5) is 8.63. The zero-order chi connectivity index (χ0) is 28.2. The molecule has 39 heavy (non-hydrogen) atoms. The maximum absolute atomic E-state index is 13.7. The fraction of sp³-hybridized carbons (Fsp3) is 0.333. The summed E-state index contributed by atoms with van der Waals surface area (Å²) in [6.07, 6.45) is 2.65. The minimum atomic E-state index is -4.00. The highest BCUT2D eigenvalue weighted by Crippen LogP contribution is 2.38. The SMILES string of the molecule is COc1cccc(OC)c1-n1c(NS(=O)(=O)C(C)C(C)c2ncc(C)cn2)nnc1[C@@H](OC)c1ccccc1.